The molecule has 2 aliphatic rings. The van der Waals surface area contributed by atoms with E-state index in [9.17, 15) is 0 Å². The molecular weight excluding hydrogens is 236 g/mol. The Labute approximate surface area is 117 Å². The van der Waals surface area contributed by atoms with Crippen LogP contribution in [0.5, 0.6) is 0 Å². The first-order valence-electron chi connectivity index (χ1n) is 8.13. The number of nitrogens with zero attached hydrogens (tertiary/aromatic N) is 2. The molecule has 0 aromatic rings. The first-order chi connectivity index (χ1) is 9.34. The fourth-order valence-electron chi connectivity index (χ4n) is 3.18. The van der Waals surface area contributed by atoms with Crippen LogP contribution in [-0.4, -0.2) is 43.1 Å². The van der Waals surface area contributed by atoms with E-state index >= 15 is 0 Å². The first kappa shape index (κ1) is 14.6. The Balaban J connectivity index is 1.55. The Bertz CT molecular complexity index is 265. The average molecular weight is 266 g/mol. The Hall–Kier alpha value is -0.770. The number of nitrogens with two attached hydrogens (primary N) is 1. The predicted octanol–water partition coefficient (Wildman–Crippen LogP) is 2.10. The van der Waals surface area contributed by atoms with Crippen molar-refractivity contribution in [2.45, 2.75) is 63.8 Å². The summed E-state index contributed by atoms with van der Waals surface area (Å²) in [6, 6.07) is 0.569. The fourth-order valence-corrected chi connectivity index (χ4v) is 3.18. The third-order valence-corrected chi connectivity index (χ3v) is 4.32. The molecule has 110 valence electrons. The van der Waals surface area contributed by atoms with E-state index in [0.717, 1.165) is 13.0 Å². The highest BCUT2D eigenvalue weighted by Crippen LogP contribution is 2.17. The van der Waals surface area contributed by atoms with Gasteiger partial charge in [-0.1, -0.05) is 25.7 Å². The Morgan fingerprint density at radius 1 is 1.05 bits per heavy atom. The van der Waals surface area contributed by atoms with Gasteiger partial charge in [0, 0.05) is 12.6 Å². The second-order valence-corrected chi connectivity index (χ2v) is 6.00. The van der Waals surface area contributed by atoms with Gasteiger partial charge >= 0.3 is 0 Å². The van der Waals surface area contributed by atoms with Crippen molar-refractivity contribution >= 4 is 5.96 Å². The topological polar surface area (TPSA) is 53.6 Å². The van der Waals surface area contributed by atoms with E-state index in [1.54, 1.807) is 0 Å². The van der Waals surface area contributed by atoms with Crippen LogP contribution in [0.3, 0.4) is 0 Å². The number of aliphatic imine (C=N–C) groups is 1. The molecule has 2 rings (SSSR count). The van der Waals surface area contributed by atoms with Gasteiger partial charge in [-0.25, -0.2) is 0 Å². The summed E-state index contributed by atoms with van der Waals surface area (Å²) < 4.78 is 0. The monoisotopic (exact) mass is 266 g/mol. The number of likely N-dealkylation sites (tertiary alicyclic amines) is 1. The zero-order chi connectivity index (χ0) is 13.3. The lowest BCUT2D eigenvalue weighted by Crippen LogP contribution is -2.41. The molecule has 0 radical (unpaired) electrons. The van der Waals surface area contributed by atoms with Gasteiger partial charge in [0.05, 0.1) is 0 Å². The van der Waals surface area contributed by atoms with Gasteiger partial charge in [0.1, 0.15) is 0 Å². The largest absolute Gasteiger partial charge is 0.370 e. The van der Waals surface area contributed by atoms with Crippen LogP contribution >= 0.6 is 0 Å². The highest BCUT2D eigenvalue weighted by molar-refractivity contribution is 5.78. The van der Waals surface area contributed by atoms with Crippen molar-refractivity contribution in [1.29, 1.82) is 0 Å². The molecule has 1 aliphatic heterocycles. The van der Waals surface area contributed by atoms with Gasteiger partial charge in [-0.15, -0.1) is 0 Å². The molecule has 0 unspecified atom stereocenters. The lowest BCUT2D eigenvalue weighted by Gasteiger charge is -2.26. The molecule has 3 N–H and O–H groups in total. The van der Waals surface area contributed by atoms with Crippen molar-refractivity contribution in [3.63, 3.8) is 0 Å². The maximum Gasteiger partial charge on any atom is 0.188 e. The van der Waals surface area contributed by atoms with Crippen LogP contribution in [0.15, 0.2) is 4.99 Å². The number of hydrogen-bond acceptors (Lipinski definition) is 2. The number of guanidine groups is 1. The second-order valence-electron chi connectivity index (χ2n) is 6.00. The molecule has 1 heterocycles. The van der Waals surface area contributed by atoms with E-state index in [-0.39, 0.29) is 0 Å². The zero-order valence-corrected chi connectivity index (χ0v) is 12.2. The van der Waals surface area contributed by atoms with Gasteiger partial charge in [-0.3, -0.25) is 4.99 Å². The maximum absolute atomic E-state index is 5.95. The van der Waals surface area contributed by atoms with Crippen molar-refractivity contribution < 1.29 is 0 Å². The average Bonchev–Trinajstić information content (AvgIpc) is 2.46. The number of piperidine rings is 1. The number of hydrogen-bond donors (Lipinski definition) is 2. The van der Waals surface area contributed by atoms with Gasteiger partial charge in [0.15, 0.2) is 5.96 Å². The predicted molar refractivity (Wildman–Crippen MR) is 81.4 cm³/mol. The van der Waals surface area contributed by atoms with E-state index in [1.807, 2.05) is 0 Å². The standard InChI is InChI=1S/C15H30N4/c16-15(18-14-8-3-1-4-9-14)17-10-7-13-19-11-5-2-6-12-19/h14H,1-13H2,(H3,16,17,18). The van der Waals surface area contributed by atoms with Gasteiger partial charge in [-0.2, -0.15) is 0 Å². The summed E-state index contributed by atoms with van der Waals surface area (Å²) in [7, 11) is 0. The molecule has 0 atom stereocenters. The second kappa shape index (κ2) is 8.41. The van der Waals surface area contributed by atoms with Crippen LogP contribution < -0.4 is 11.1 Å². The highest BCUT2D eigenvalue weighted by atomic mass is 15.1. The summed E-state index contributed by atoms with van der Waals surface area (Å²) in [5.41, 5.74) is 5.95. The van der Waals surface area contributed by atoms with Crippen LogP contribution in [0, 0.1) is 0 Å². The van der Waals surface area contributed by atoms with Crippen LogP contribution in [-0.2, 0) is 0 Å². The molecule has 0 aromatic carbocycles. The molecule has 19 heavy (non-hydrogen) atoms. The zero-order valence-electron chi connectivity index (χ0n) is 12.2. The van der Waals surface area contributed by atoms with E-state index in [4.69, 9.17) is 5.73 Å². The normalized spacial score (nSPS) is 23.5. The minimum Gasteiger partial charge on any atom is -0.370 e. The third kappa shape index (κ3) is 5.81. The van der Waals surface area contributed by atoms with Crippen molar-refractivity contribution in [2.24, 2.45) is 10.7 Å². The molecular formula is C15H30N4. The Morgan fingerprint density at radius 2 is 1.74 bits per heavy atom. The smallest absolute Gasteiger partial charge is 0.188 e. The van der Waals surface area contributed by atoms with Crippen molar-refractivity contribution in [2.75, 3.05) is 26.2 Å². The molecule has 1 saturated heterocycles. The van der Waals surface area contributed by atoms with Gasteiger partial charge < -0.3 is 16.0 Å². The van der Waals surface area contributed by atoms with Crippen molar-refractivity contribution in [3.8, 4) is 0 Å². The lowest BCUT2D eigenvalue weighted by molar-refractivity contribution is 0.227. The summed E-state index contributed by atoms with van der Waals surface area (Å²) in [5, 5.41) is 3.37. The van der Waals surface area contributed by atoms with Crippen LogP contribution in [0.25, 0.3) is 0 Å². The van der Waals surface area contributed by atoms with E-state index < -0.39 is 0 Å². The van der Waals surface area contributed by atoms with Crippen molar-refractivity contribution in [3.05, 3.63) is 0 Å². The van der Waals surface area contributed by atoms with Crippen LogP contribution in [0.4, 0.5) is 0 Å². The molecule has 1 aliphatic carbocycles. The van der Waals surface area contributed by atoms with Gasteiger partial charge in [-0.05, 0) is 51.7 Å². The first-order valence-corrected chi connectivity index (χ1v) is 8.13. The van der Waals surface area contributed by atoms with Crippen LogP contribution in [0.2, 0.25) is 0 Å². The van der Waals surface area contributed by atoms with Crippen LogP contribution in [0.1, 0.15) is 57.8 Å². The SMILES string of the molecule is NC(=NCCCN1CCCCC1)NC1CCCCC1. The van der Waals surface area contributed by atoms with E-state index in [2.05, 4.69) is 15.2 Å². The third-order valence-electron chi connectivity index (χ3n) is 4.32. The minimum absolute atomic E-state index is 0.569. The minimum atomic E-state index is 0.569. The van der Waals surface area contributed by atoms with Gasteiger partial charge in [0.2, 0.25) is 0 Å². The molecule has 1 saturated carbocycles. The molecule has 4 heteroatoms. The lowest BCUT2D eigenvalue weighted by atomic mass is 9.96. The Morgan fingerprint density at radius 3 is 2.47 bits per heavy atom. The van der Waals surface area contributed by atoms with Crippen molar-refractivity contribution in [1.82, 2.24) is 10.2 Å². The van der Waals surface area contributed by atoms with E-state index in [1.165, 1.54) is 71.0 Å². The summed E-state index contributed by atoms with van der Waals surface area (Å²) in [5.74, 6) is 0.658. The molecule has 0 spiro atoms. The summed E-state index contributed by atoms with van der Waals surface area (Å²) in [6.45, 7) is 4.60. The maximum atomic E-state index is 5.95. The number of nitrogens with one attached hydrogen (secondary N) is 1. The summed E-state index contributed by atoms with van der Waals surface area (Å²) >= 11 is 0. The molecule has 0 aromatic heterocycles. The highest BCUT2D eigenvalue weighted by Gasteiger charge is 2.13. The van der Waals surface area contributed by atoms with Gasteiger partial charge in [0.25, 0.3) is 0 Å². The Kier molecular flexibility index (Phi) is 6.48. The molecule has 0 amide bonds. The fraction of sp³-hybridized carbons (Fsp3) is 0.933. The van der Waals surface area contributed by atoms with E-state index in [0.29, 0.717) is 12.0 Å². The molecule has 4 nitrogen and oxygen atoms in total. The molecule has 0 bridgehead atoms. The summed E-state index contributed by atoms with van der Waals surface area (Å²) in [6.07, 6.45) is 11.8. The quantitative estimate of drug-likeness (QED) is 0.455. The number of rotatable bonds is 5. The molecule has 2 fully saturated rings. The summed E-state index contributed by atoms with van der Waals surface area (Å²) in [4.78, 5) is 7.02.